The molecule has 2 heterocycles. The zero-order valence-corrected chi connectivity index (χ0v) is 16.6. The van der Waals surface area contributed by atoms with E-state index in [0.717, 1.165) is 18.8 Å². The predicted octanol–water partition coefficient (Wildman–Crippen LogP) is 2.81. The number of carbonyl (C=O) groups excluding carboxylic acids is 2. The lowest BCUT2D eigenvalue weighted by Gasteiger charge is -2.35. The number of aromatic amines is 1. The second kappa shape index (κ2) is 8.29. The highest BCUT2D eigenvalue weighted by Gasteiger charge is 2.22. The number of anilines is 2. The normalized spacial score (nSPS) is 14.5. The first-order chi connectivity index (χ1) is 13.3. The number of nitrogens with zero attached hydrogens (tertiary/aromatic N) is 2. The van der Waals surface area contributed by atoms with E-state index in [0.29, 0.717) is 24.3 Å². The molecule has 1 aromatic carbocycles. The number of benzene rings is 1. The Balaban J connectivity index is 1.54. The number of rotatable bonds is 3. The van der Waals surface area contributed by atoms with Crippen LogP contribution in [0.25, 0.3) is 0 Å². The fraction of sp³-hybridized carbons (Fsp3) is 0.381. The number of carbonyl (C=O) groups is 2. The van der Waals surface area contributed by atoms with Gasteiger partial charge in [-0.3, -0.25) is 10.1 Å². The first-order valence-electron chi connectivity index (χ1n) is 9.42. The fourth-order valence-electron chi connectivity index (χ4n) is 3.06. The zero-order valence-electron chi connectivity index (χ0n) is 16.6. The van der Waals surface area contributed by atoms with Gasteiger partial charge in [0.1, 0.15) is 5.60 Å². The standard InChI is InChI=1S/C21H26N4O3/c1-21(2,3)28-20(27)23-17-6-4-16(5-7-17)19(26)25-14-12-24(13-15-25)18-8-10-22-11-9-18/h4-11H,12-15H2,1-3H3,(H,23,27)/p+1. The Bertz CT molecular complexity index is 808. The highest BCUT2D eigenvalue weighted by atomic mass is 16.6. The molecule has 0 radical (unpaired) electrons. The molecule has 0 aliphatic carbocycles. The number of H-pyrrole nitrogens is 1. The molecule has 1 saturated heterocycles. The second-order valence-electron chi connectivity index (χ2n) is 7.74. The Morgan fingerprint density at radius 3 is 2.14 bits per heavy atom. The van der Waals surface area contributed by atoms with Crippen molar-refractivity contribution in [1.82, 2.24) is 4.90 Å². The van der Waals surface area contributed by atoms with Gasteiger partial charge in [-0.1, -0.05) is 0 Å². The number of amides is 2. The van der Waals surface area contributed by atoms with Gasteiger partial charge in [0.2, 0.25) is 0 Å². The van der Waals surface area contributed by atoms with Gasteiger partial charge in [-0.2, -0.15) is 0 Å². The van der Waals surface area contributed by atoms with E-state index >= 15 is 0 Å². The molecule has 28 heavy (non-hydrogen) atoms. The summed E-state index contributed by atoms with van der Waals surface area (Å²) in [4.78, 5) is 31.7. The number of hydrogen-bond acceptors (Lipinski definition) is 4. The van der Waals surface area contributed by atoms with Crippen LogP contribution in [0.15, 0.2) is 48.8 Å². The van der Waals surface area contributed by atoms with E-state index < -0.39 is 11.7 Å². The lowest BCUT2D eigenvalue weighted by Crippen LogP contribution is -2.48. The van der Waals surface area contributed by atoms with Gasteiger partial charge in [0.15, 0.2) is 12.4 Å². The summed E-state index contributed by atoms with van der Waals surface area (Å²) >= 11 is 0. The minimum Gasteiger partial charge on any atom is -0.444 e. The van der Waals surface area contributed by atoms with Crippen molar-refractivity contribution >= 4 is 23.4 Å². The van der Waals surface area contributed by atoms with Crippen molar-refractivity contribution < 1.29 is 19.3 Å². The van der Waals surface area contributed by atoms with Crippen molar-refractivity contribution in [2.45, 2.75) is 26.4 Å². The summed E-state index contributed by atoms with van der Waals surface area (Å²) in [6, 6.07) is 11.0. The van der Waals surface area contributed by atoms with E-state index in [1.807, 2.05) is 50.2 Å². The minimum absolute atomic E-state index is 0.00450. The molecule has 1 fully saturated rings. The smallest absolute Gasteiger partial charge is 0.412 e. The molecule has 2 N–H and O–H groups in total. The maximum atomic E-state index is 12.8. The van der Waals surface area contributed by atoms with Crippen molar-refractivity contribution in [3.63, 3.8) is 0 Å². The molecular weight excluding hydrogens is 356 g/mol. The molecule has 1 aliphatic rings. The monoisotopic (exact) mass is 383 g/mol. The summed E-state index contributed by atoms with van der Waals surface area (Å²) in [6.07, 6.45) is 3.29. The molecular formula is C21H27N4O3+. The summed E-state index contributed by atoms with van der Waals surface area (Å²) in [6.45, 7) is 8.38. The number of ether oxygens (including phenoxy) is 1. The van der Waals surface area contributed by atoms with Crippen molar-refractivity contribution in [1.29, 1.82) is 0 Å². The van der Waals surface area contributed by atoms with Crippen LogP contribution in [0, 0.1) is 0 Å². The van der Waals surface area contributed by atoms with E-state index in [1.165, 1.54) is 0 Å². The Labute approximate surface area is 165 Å². The van der Waals surface area contributed by atoms with Crippen LogP contribution in [0.2, 0.25) is 0 Å². The van der Waals surface area contributed by atoms with E-state index in [1.54, 1.807) is 24.3 Å². The first-order valence-corrected chi connectivity index (χ1v) is 9.42. The van der Waals surface area contributed by atoms with Gasteiger partial charge in [-0.05, 0) is 45.0 Å². The Morgan fingerprint density at radius 2 is 1.57 bits per heavy atom. The third kappa shape index (κ3) is 5.22. The topological polar surface area (TPSA) is 76.0 Å². The number of nitrogens with one attached hydrogen (secondary N) is 2. The molecule has 1 aromatic heterocycles. The van der Waals surface area contributed by atoms with Gasteiger partial charge in [0.25, 0.3) is 5.91 Å². The Morgan fingerprint density at radius 1 is 0.964 bits per heavy atom. The average Bonchev–Trinajstić information content (AvgIpc) is 2.67. The molecule has 148 valence electrons. The van der Waals surface area contributed by atoms with Crippen molar-refractivity contribution in [2.24, 2.45) is 0 Å². The molecule has 2 amide bonds. The number of pyridine rings is 1. The summed E-state index contributed by atoms with van der Waals surface area (Å²) in [5.74, 6) is 0.00450. The van der Waals surface area contributed by atoms with Crippen LogP contribution >= 0.6 is 0 Å². The molecule has 0 unspecified atom stereocenters. The van der Waals surface area contributed by atoms with Crippen molar-refractivity contribution in [2.75, 3.05) is 36.4 Å². The third-order valence-electron chi connectivity index (χ3n) is 4.41. The average molecular weight is 383 g/mol. The lowest BCUT2D eigenvalue weighted by molar-refractivity contribution is -0.377. The van der Waals surface area contributed by atoms with Crippen LogP contribution in [0.1, 0.15) is 31.1 Å². The largest absolute Gasteiger partial charge is 0.444 e. The molecule has 0 bridgehead atoms. The second-order valence-corrected chi connectivity index (χ2v) is 7.74. The van der Waals surface area contributed by atoms with Gasteiger partial charge in [-0.25, -0.2) is 9.78 Å². The summed E-state index contributed by atoms with van der Waals surface area (Å²) in [5, 5.41) is 2.67. The molecule has 7 nitrogen and oxygen atoms in total. The van der Waals surface area contributed by atoms with Gasteiger partial charge >= 0.3 is 6.09 Å². The van der Waals surface area contributed by atoms with Crippen LogP contribution < -0.4 is 15.2 Å². The zero-order chi connectivity index (χ0) is 20.1. The highest BCUT2D eigenvalue weighted by Crippen LogP contribution is 2.17. The van der Waals surface area contributed by atoms with Gasteiger partial charge in [-0.15, -0.1) is 0 Å². The fourth-order valence-corrected chi connectivity index (χ4v) is 3.06. The molecule has 1 aliphatic heterocycles. The van der Waals surface area contributed by atoms with E-state index in [-0.39, 0.29) is 5.91 Å². The number of piperazine rings is 1. The molecule has 0 saturated carbocycles. The quantitative estimate of drug-likeness (QED) is 0.884. The maximum absolute atomic E-state index is 12.8. The molecule has 2 aromatic rings. The summed E-state index contributed by atoms with van der Waals surface area (Å²) < 4.78 is 5.23. The van der Waals surface area contributed by atoms with Crippen LogP contribution in [0.5, 0.6) is 0 Å². The molecule has 0 atom stereocenters. The highest BCUT2D eigenvalue weighted by molar-refractivity contribution is 5.95. The van der Waals surface area contributed by atoms with E-state index in [9.17, 15) is 9.59 Å². The minimum atomic E-state index is -0.555. The van der Waals surface area contributed by atoms with Gasteiger partial charge in [0, 0.05) is 55.2 Å². The molecule has 7 heteroatoms. The van der Waals surface area contributed by atoms with Crippen molar-refractivity contribution in [3.05, 3.63) is 54.4 Å². The van der Waals surface area contributed by atoms with E-state index in [2.05, 4.69) is 15.2 Å². The van der Waals surface area contributed by atoms with Crippen LogP contribution in [-0.4, -0.2) is 48.7 Å². The third-order valence-corrected chi connectivity index (χ3v) is 4.41. The summed E-state index contributed by atoms with van der Waals surface area (Å²) in [7, 11) is 0. The van der Waals surface area contributed by atoms with Gasteiger partial charge < -0.3 is 14.5 Å². The lowest BCUT2D eigenvalue weighted by atomic mass is 10.1. The van der Waals surface area contributed by atoms with Crippen molar-refractivity contribution in [3.8, 4) is 0 Å². The SMILES string of the molecule is CC(C)(C)OC(=O)Nc1ccc(C(=O)N2CCN(c3cc[nH+]cc3)CC2)cc1. The van der Waals surface area contributed by atoms with Crippen LogP contribution in [0.3, 0.4) is 0 Å². The Kier molecular flexibility index (Phi) is 5.82. The van der Waals surface area contributed by atoms with E-state index in [4.69, 9.17) is 4.74 Å². The maximum Gasteiger partial charge on any atom is 0.412 e. The van der Waals surface area contributed by atoms with Crippen LogP contribution in [-0.2, 0) is 4.74 Å². The first kappa shape index (κ1) is 19.7. The number of aromatic nitrogens is 1. The predicted molar refractivity (Wildman–Crippen MR) is 107 cm³/mol. The molecule has 0 spiro atoms. The Hall–Kier alpha value is -3.09. The van der Waals surface area contributed by atoms with Gasteiger partial charge in [0.05, 0.1) is 0 Å². The van der Waals surface area contributed by atoms with Crippen LogP contribution in [0.4, 0.5) is 16.2 Å². The molecule has 3 rings (SSSR count). The summed E-state index contributed by atoms with van der Waals surface area (Å²) in [5.41, 5.74) is 1.80. The number of hydrogen-bond donors (Lipinski definition) is 1.